The predicted molar refractivity (Wildman–Crippen MR) is 122 cm³/mol. The number of carboxylic acids is 1. The second-order valence-electron chi connectivity index (χ2n) is 7.37. The number of hydrogen-bond donors (Lipinski definition) is 4. The standard InChI is InChI=1S/C22H20N4O4S/c27-20(28)22(25-21(31)24-17-7-9-18(10-8-17)26(29)30)19(11-12-23-22)16-6-5-14-3-1-2-4-15(14)13-16/h1-10,13,19,23H,11-12H2,(H,27,28)(H2,24,25,31)/t19?,22-/m1/s1. The number of thiocarbonyl (C=S) groups is 1. The van der Waals surface area contributed by atoms with Crippen molar-refractivity contribution < 1.29 is 14.8 Å². The summed E-state index contributed by atoms with van der Waals surface area (Å²) < 4.78 is 0. The van der Waals surface area contributed by atoms with Crippen LogP contribution in [0.4, 0.5) is 11.4 Å². The Kier molecular flexibility index (Phi) is 5.53. The lowest BCUT2D eigenvalue weighted by Crippen LogP contribution is -2.64. The van der Waals surface area contributed by atoms with Crippen LogP contribution in [0.2, 0.25) is 0 Å². The number of anilines is 1. The van der Waals surface area contributed by atoms with E-state index in [2.05, 4.69) is 16.0 Å². The molecular weight excluding hydrogens is 416 g/mol. The average molecular weight is 436 g/mol. The van der Waals surface area contributed by atoms with Gasteiger partial charge in [0.25, 0.3) is 5.69 Å². The third kappa shape index (κ3) is 4.05. The molecule has 0 aliphatic carbocycles. The number of fused-ring (bicyclic) bond motifs is 1. The van der Waals surface area contributed by atoms with Gasteiger partial charge in [-0.25, -0.2) is 4.79 Å². The smallest absolute Gasteiger partial charge is 0.345 e. The molecular formula is C22H20N4O4S. The van der Waals surface area contributed by atoms with E-state index < -0.39 is 16.6 Å². The third-order valence-electron chi connectivity index (χ3n) is 5.52. The Bertz CT molecular complexity index is 1170. The van der Waals surface area contributed by atoms with Crippen LogP contribution in [0.15, 0.2) is 66.7 Å². The van der Waals surface area contributed by atoms with Gasteiger partial charge in [0.1, 0.15) is 0 Å². The zero-order valence-electron chi connectivity index (χ0n) is 16.4. The van der Waals surface area contributed by atoms with Crippen LogP contribution in [0.25, 0.3) is 10.8 Å². The first-order valence-corrected chi connectivity index (χ1v) is 10.1. The number of nitro benzene ring substituents is 1. The first kappa shape index (κ1) is 20.7. The van der Waals surface area contributed by atoms with Crippen molar-refractivity contribution in [3.8, 4) is 0 Å². The molecule has 4 N–H and O–H groups in total. The second-order valence-corrected chi connectivity index (χ2v) is 7.78. The number of hydrogen-bond acceptors (Lipinski definition) is 5. The SMILES string of the molecule is O=C(O)[C@@]1(NC(=S)Nc2ccc([N+](=O)[O-])cc2)NCCC1c1ccc2ccccc2c1. The molecule has 0 aromatic heterocycles. The highest BCUT2D eigenvalue weighted by Crippen LogP contribution is 2.36. The van der Waals surface area contributed by atoms with Gasteiger partial charge in [0, 0.05) is 23.7 Å². The van der Waals surface area contributed by atoms with Crippen molar-refractivity contribution in [1.29, 1.82) is 0 Å². The summed E-state index contributed by atoms with van der Waals surface area (Å²) >= 11 is 5.37. The molecule has 1 heterocycles. The van der Waals surface area contributed by atoms with Gasteiger partial charge in [0.2, 0.25) is 0 Å². The zero-order valence-corrected chi connectivity index (χ0v) is 17.2. The molecule has 1 aliphatic rings. The maximum atomic E-state index is 12.4. The quantitative estimate of drug-likeness (QED) is 0.272. The molecule has 0 bridgehead atoms. The average Bonchev–Trinajstić information content (AvgIpc) is 3.18. The van der Waals surface area contributed by atoms with E-state index in [1.807, 2.05) is 42.5 Å². The molecule has 0 spiro atoms. The normalized spacial score (nSPS) is 20.3. The fourth-order valence-corrected chi connectivity index (χ4v) is 4.29. The first-order valence-electron chi connectivity index (χ1n) is 9.70. The Labute approximate surface area is 183 Å². The van der Waals surface area contributed by atoms with Crippen molar-refractivity contribution in [3.05, 3.63) is 82.4 Å². The van der Waals surface area contributed by atoms with Gasteiger partial charge in [-0.1, -0.05) is 42.5 Å². The van der Waals surface area contributed by atoms with Gasteiger partial charge in [-0.05, 0) is 53.7 Å². The van der Waals surface area contributed by atoms with Crippen molar-refractivity contribution in [2.24, 2.45) is 0 Å². The molecule has 4 rings (SSSR count). The van der Waals surface area contributed by atoms with Crippen molar-refractivity contribution in [3.63, 3.8) is 0 Å². The van der Waals surface area contributed by atoms with E-state index in [0.717, 1.165) is 16.3 Å². The highest BCUT2D eigenvalue weighted by molar-refractivity contribution is 7.80. The summed E-state index contributed by atoms with van der Waals surface area (Å²) in [5.41, 5.74) is -0.103. The topological polar surface area (TPSA) is 117 Å². The van der Waals surface area contributed by atoms with Crippen LogP contribution in [0, 0.1) is 10.1 Å². The van der Waals surface area contributed by atoms with E-state index in [0.29, 0.717) is 18.7 Å². The molecule has 1 saturated heterocycles. The van der Waals surface area contributed by atoms with Crippen molar-refractivity contribution >= 4 is 45.4 Å². The Morgan fingerprint density at radius 2 is 1.84 bits per heavy atom. The van der Waals surface area contributed by atoms with Gasteiger partial charge in [-0.3, -0.25) is 15.4 Å². The summed E-state index contributed by atoms with van der Waals surface area (Å²) in [6, 6.07) is 19.6. The fraction of sp³-hybridized carbons (Fsp3) is 0.182. The summed E-state index contributed by atoms with van der Waals surface area (Å²) in [6.07, 6.45) is 0.623. The number of carbonyl (C=O) groups is 1. The molecule has 0 radical (unpaired) electrons. The minimum Gasteiger partial charge on any atom is -0.478 e. The van der Waals surface area contributed by atoms with Gasteiger partial charge < -0.3 is 15.7 Å². The Hall–Kier alpha value is -3.56. The number of non-ortho nitro benzene ring substituents is 1. The molecule has 3 aromatic rings. The Morgan fingerprint density at radius 3 is 2.52 bits per heavy atom. The molecule has 1 unspecified atom stereocenters. The van der Waals surface area contributed by atoms with Crippen LogP contribution in [0.5, 0.6) is 0 Å². The summed E-state index contributed by atoms with van der Waals surface area (Å²) in [5.74, 6) is -1.41. The van der Waals surface area contributed by atoms with Gasteiger partial charge in [0.05, 0.1) is 4.92 Å². The lowest BCUT2D eigenvalue weighted by atomic mass is 9.85. The van der Waals surface area contributed by atoms with E-state index in [9.17, 15) is 20.0 Å². The summed E-state index contributed by atoms with van der Waals surface area (Å²) in [4.78, 5) is 22.7. The van der Waals surface area contributed by atoms with E-state index in [-0.39, 0.29) is 16.7 Å². The minimum absolute atomic E-state index is 0.0414. The Morgan fingerprint density at radius 1 is 1.13 bits per heavy atom. The van der Waals surface area contributed by atoms with Gasteiger partial charge in [-0.15, -0.1) is 0 Å². The van der Waals surface area contributed by atoms with Gasteiger partial charge in [-0.2, -0.15) is 0 Å². The van der Waals surface area contributed by atoms with Crippen molar-refractivity contribution in [2.45, 2.75) is 18.0 Å². The predicted octanol–water partition coefficient (Wildman–Crippen LogP) is 3.59. The Balaban J connectivity index is 1.58. The maximum absolute atomic E-state index is 12.4. The van der Waals surface area contributed by atoms with Crippen LogP contribution < -0.4 is 16.0 Å². The molecule has 31 heavy (non-hydrogen) atoms. The van der Waals surface area contributed by atoms with Crippen LogP contribution in [-0.4, -0.2) is 33.3 Å². The molecule has 1 aliphatic heterocycles. The van der Waals surface area contributed by atoms with E-state index in [1.165, 1.54) is 24.3 Å². The van der Waals surface area contributed by atoms with Crippen LogP contribution in [0.1, 0.15) is 17.9 Å². The third-order valence-corrected chi connectivity index (χ3v) is 5.72. The van der Waals surface area contributed by atoms with Crippen LogP contribution in [0.3, 0.4) is 0 Å². The molecule has 2 atom stereocenters. The summed E-state index contributed by atoms with van der Waals surface area (Å²) in [5, 5.41) is 32.1. The number of benzene rings is 3. The van der Waals surface area contributed by atoms with Gasteiger partial charge >= 0.3 is 5.97 Å². The molecule has 0 amide bonds. The number of nitro groups is 1. The largest absolute Gasteiger partial charge is 0.478 e. The van der Waals surface area contributed by atoms with Gasteiger partial charge in [0.15, 0.2) is 10.8 Å². The number of nitrogens with one attached hydrogen (secondary N) is 3. The van der Waals surface area contributed by atoms with E-state index in [4.69, 9.17) is 12.2 Å². The minimum atomic E-state index is -1.48. The lowest BCUT2D eigenvalue weighted by molar-refractivity contribution is -0.384. The molecule has 3 aromatic carbocycles. The summed E-state index contributed by atoms with van der Waals surface area (Å²) in [6.45, 7) is 0.511. The maximum Gasteiger partial charge on any atom is 0.345 e. The van der Waals surface area contributed by atoms with E-state index >= 15 is 0 Å². The number of rotatable bonds is 5. The summed E-state index contributed by atoms with van der Waals surface area (Å²) in [7, 11) is 0. The number of nitrogens with zero attached hydrogens (tertiary/aromatic N) is 1. The second kappa shape index (κ2) is 8.29. The van der Waals surface area contributed by atoms with Crippen LogP contribution in [-0.2, 0) is 4.79 Å². The number of carboxylic acid groups (broad SMARTS) is 1. The molecule has 8 nitrogen and oxygen atoms in total. The zero-order chi connectivity index (χ0) is 22.0. The van der Waals surface area contributed by atoms with Crippen LogP contribution >= 0.6 is 12.2 Å². The fourth-order valence-electron chi connectivity index (χ4n) is 4.01. The molecule has 1 fully saturated rings. The van der Waals surface area contributed by atoms with Crippen molar-refractivity contribution in [2.75, 3.05) is 11.9 Å². The first-order chi connectivity index (χ1) is 14.9. The number of aliphatic carboxylic acids is 1. The highest BCUT2D eigenvalue weighted by Gasteiger charge is 2.50. The molecule has 158 valence electrons. The molecule has 0 saturated carbocycles. The van der Waals surface area contributed by atoms with Crippen molar-refractivity contribution in [1.82, 2.24) is 10.6 Å². The van der Waals surface area contributed by atoms with E-state index in [1.54, 1.807) is 0 Å². The molecule has 9 heteroatoms. The lowest BCUT2D eigenvalue weighted by Gasteiger charge is -2.33. The monoisotopic (exact) mass is 436 g/mol. The highest BCUT2D eigenvalue weighted by atomic mass is 32.1.